The molecule has 1 aromatic carbocycles. The number of carbonyl (C=O) groups excluding carboxylic acids is 1. The summed E-state index contributed by atoms with van der Waals surface area (Å²) in [6.45, 7) is 3.84. The quantitative estimate of drug-likeness (QED) is 0.634. The number of benzene rings is 1. The molecule has 1 N–H and O–H groups in total. The van der Waals surface area contributed by atoms with Gasteiger partial charge in [0.1, 0.15) is 0 Å². The van der Waals surface area contributed by atoms with Crippen LogP contribution in [0.1, 0.15) is 15.9 Å². The first kappa shape index (κ1) is 7.10. The zero-order valence-corrected chi connectivity index (χ0v) is 6.50. The van der Waals surface area contributed by atoms with E-state index >= 15 is 0 Å². The van der Waals surface area contributed by atoms with Crippen LogP contribution in [0.5, 0.6) is 0 Å². The number of hydrogen-bond acceptors (Lipinski definition) is 1. The first-order valence-corrected chi connectivity index (χ1v) is 3.70. The van der Waals surface area contributed by atoms with Crippen LogP contribution in [0.15, 0.2) is 24.4 Å². The molecule has 2 aromatic rings. The Bertz CT molecular complexity index is 428. The third kappa shape index (κ3) is 0.848. The third-order valence-electron chi connectivity index (χ3n) is 1.96. The molecule has 0 saturated heterocycles. The summed E-state index contributed by atoms with van der Waals surface area (Å²) in [7, 11) is 0. The number of para-hydroxylation sites is 1. The summed E-state index contributed by atoms with van der Waals surface area (Å²) < 4.78 is 0. The molecule has 1 radical (unpaired) electrons. The Labute approximate surface area is 70.2 Å². The maximum absolute atomic E-state index is 10.6. The van der Waals surface area contributed by atoms with Crippen molar-refractivity contribution in [1.29, 1.82) is 0 Å². The van der Waals surface area contributed by atoms with E-state index in [1.165, 1.54) is 0 Å². The Kier molecular flexibility index (Phi) is 1.47. The second-order valence-electron chi connectivity index (χ2n) is 2.70. The topological polar surface area (TPSA) is 32.9 Å². The number of carbonyl (C=O) groups is 1. The molecule has 0 aliphatic heterocycles. The van der Waals surface area contributed by atoms with Crippen molar-refractivity contribution in [2.75, 3.05) is 0 Å². The second kappa shape index (κ2) is 2.48. The minimum Gasteiger partial charge on any atom is -0.360 e. The van der Waals surface area contributed by atoms with E-state index in [9.17, 15) is 4.79 Å². The summed E-state index contributed by atoms with van der Waals surface area (Å²) in [5.74, 6) is 0. The zero-order chi connectivity index (χ0) is 8.55. The second-order valence-corrected chi connectivity index (χ2v) is 2.70. The van der Waals surface area contributed by atoms with Gasteiger partial charge in [0.2, 0.25) is 0 Å². The van der Waals surface area contributed by atoms with Crippen molar-refractivity contribution >= 4 is 17.2 Å². The van der Waals surface area contributed by atoms with Gasteiger partial charge in [0.25, 0.3) is 0 Å². The van der Waals surface area contributed by atoms with E-state index in [4.69, 9.17) is 0 Å². The molecule has 0 aliphatic carbocycles. The lowest BCUT2D eigenvalue weighted by Crippen LogP contribution is -1.80. The fraction of sp³-hybridized carbons (Fsp3) is 0. The zero-order valence-electron chi connectivity index (χ0n) is 6.50. The molecular formula is C10H8NO. The number of rotatable bonds is 1. The molecule has 0 atom stereocenters. The van der Waals surface area contributed by atoms with Crippen molar-refractivity contribution in [3.05, 3.63) is 42.4 Å². The van der Waals surface area contributed by atoms with Crippen molar-refractivity contribution in [1.82, 2.24) is 4.98 Å². The molecule has 0 spiro atoms. The molecule has 1 aromatic heterocycles. The highest BCUT2D eigenvalue weighted by Gasteiger charge is 2.02. The maximum Gasteiger partial charge on any atom is 0.152 e. The van der Waals surface area contributed by atoms with Crippen LogP contribution in [0, 0.1) is 6.92 Å². The van der Waals surface area contributed by atoms with Crippen molar-refractivity contribution < 1.29 is 4.79 Å². The highest BCUT2D eigenvalue weighted by molar-refractivity contribution is 5.97. The highest BCUT2D eigenvalue weighted by atomic mass is 16.1. The van der Waals surface area contributed by atoms with Crippen molar-refractivity contribution in [3.8, 4) is 0 Å². The SMILES string of the molecule is [CH2]c1c[nH]c2c(C=O)cccc12. The van der Waals surface area contributed by atoms with Gasteiger partial charge in [0, 0.05) is 17.1 Å². The number of nitrogens with one attached hydrogen (secondary N) is 1. The van der Waals surface area contributed by atoms with Crippen molar-refractivity contribution in [2.45, 2.75) is 0 Å². The summed E-state index contributed by atoms with van der Waals surface area (Å²) in [5, 5.41) is 1.01. The summed E-state index contributed by atoms with van der Waals surface area (Å²) in [4.78, 5) is 13.6. The van der Waals surface area contributed by atoms with Gasteiger partial charge in [-0.05, 0) is 18.6 Å². The van der Waals surface area contributed by atoms with E-state index in [1.807, 2.05) is 12.1 Å². The van der Waals surface area contributed by atoms with Crippen LogP contribution in [0.3, 0.4) is 0 Å². The standard InChI is InChI=1S/C10H8NO/c1-7-5-11-10-8(6-12)3-2-4-9(7)10/h2-6,11H,1H2. The number of aromatic amines is 1. The lowest BCUT2D eigenvalue weighted by atomic mass is 10.1. The van der Waals surface area contributed by atoms with Crippen LogP contribution >= 0.6 is 0 Å². The van der Waals surface area contributed by atoms with Crippen molar-refractivity contribution in [3.63, 3.8) is 0 Å². The molecule has 0 unspecified atom stereocenters. The lowest BCUT2D eigenvalue weighted by molar-refractivity contribution is 0.112. The Morgan fingerprint density at radius 1 is 1.42 bits per heavy atom. The molecule has 0 saturated carbocycles. The number of aldehydes is 1. The average Bonchev–Trinajstić information content (AvgIpc) is 2.48. The van der Waals surface area contributed by atoms with Gasteiger partial charge >= 0.3 is 0 Å². The number of fused-ring (bicyclic) bond motifs is 1. The molecule has 2 nitrogen and oxygen atoms in total. The van der Waals surface area contributed by atoms with Crippen LogP contribution in [0.4, 0.5) is 0 Å². The molecule has 2 rings (SSSR count). The van der Waals surface area contributed by atoms with Gasteiger partial charge in [0.15, 0.2) is 6.29 Å². The monoisotopic (exact) mass is 158 g/mol. The number of hydrogen-bond donors (Lipinski definition) is 1. The van der Waals surface area contributed by atoms with Crippen molar-refractivity contribution in [2.24, 2.45) is 0 Å². The fourth-order valence-corrected chi connectivity index (χ4v) is 1.33. The molecular weight excluding hydrogens is 150 g/mol. The minimum atomic E-state index is 0.683. The molecule has 0 aliphatic rings. The highest BCUT2D eigenvalue weighted by Crippen LogP contribution is 2.19. The minimum absolute atomic E-state index is 0.683. The van der Waals surface area contributed by atoms with Gasteiger partial charge in [-0.2, -0.15) is 0 Å². The number of aromatic nitrogens is 1. The van der Waals surface area contributed by atoms with Gasteiger partial charge in [-0.3, -0.25) is 4.79 Å². The van der Waals surface area contributed by atoms with Crippen LogP contribution in [0.2, 0.25) is 0 Å². The van der Waals surface area contributed by atoms with E-state index in [1.54, 1.807) is 12.3 Å². The van der Waals surface area contributed by atoms with Gasteiger partial charge in [-0.25, -0.2) is 0 Å². The Hall–Kier alpha value is -1.57. The van der Waals surface area contributed by atoms with E-state index in [0.717, 1.165) is 22.8 Å². The largest absolute Gasteiger partial charge is 0.360 e. The number of H-pyrrole nitrogens is 1. The lowest BCUT2D eigenvalue weighted by Gasteiger charge is -1.93. The molecule has 0 fully saturated rings. The third-order valence-corrected chi connectivity index (χ3v) is 1.96. The summed E-state index contributed by atoms with van der Waals surface area (Å²) in [6, 6.07) is 5.58. The van der Waals surface area contributed by atoms with Gasteiger partial charge in [-0.1, -0.05) is 12.1 Å². The summed E-state index contributed by atoms with van der Waals surface area (Å²) in [6.07, 6.45) is 2.65. The normalized spacial score (nSPS) is 10.4. The molecule has 0 bridgehead atoms. The first-order chi connectivity index (χ1) is 5.83. The average molecular weight is 158 g/mol. The Morgan fingerprint density at radius 2 is 2.25 bits per heavy atom. The van der Waals surface area contributed by atoms with Crippen LogP contribution in [0.25, 0.3) is 10.9 Å². The predicted molar refractivity (Wildman–Crippen MR) is 48.1 cm³/mol. The van der Waals surface area contributed by atoms with Gasteiger partial charge in [-0.15, -0.1) is 0 Å². The molecule has 1 heterocycles. The Morgan fingerprint density at radius 3 is 3.00 bits per heavy atom. The van der Waals surface area contributed by atoms with Crippen LogP contribution < -0.4 is 0 Å². The van der Waals surface area contributed by atoms with E-state index in [2.05, 4.69) is 11.9 Å². The summed E-state index contributed by atoms with van der Waals surface area (Å²) in [5.41, 5.74) is 2.48. The molecule has 59 valence electrons. The molecule has 0 amide bonds. The van der Waals surface area contributed by atoms with E-state index in [0.29, 0.717) is 5.56 Å². The summed E-state index contributed by atoms with van der Waals surface area (Å²) >= 11 is 0. The Balaban J connectivity index is 2.89. The molecule has 12 heavy (non-hydrogen) atoms. The van der Waals surface area contributed by atoms with Gasteiger partial charge < -0.3 is 4.98 Å². The fourth-order valence-electron chi connectivity index (χ4n) is 1.33. The smallest absolute Gasteiger partial charge is 0.152 e. The van der Waals surface area contributed by atoms with E-state index in [-0.39, 0.29) is 0 Å². The maximum atomic E-state index is 10.6. The first-order valence-electron chi connectivity index (χ1n) is 3.70. The van der Waals surface area contributed by atoms with Crippen LogP contribution in [-0.4, -0.2) is 11.3 Å². The predicted octanol–water partition coefficient (Wildman–Crippen LogP) is 2.16. The van der Waals surface area contributed by atoms with Crippen LogP contribution in [-0.2, 0) is 0 Å². The van der Waals surface area contributed by atoms with Gasteiger partial charge in [0.05, 0.1) is 5.52 Å². The molecule has 2 heteroatoms. The van der Waals surface area contributed by atoms with E-state index < -0.39 is 0 Å².